The highest BCUT2D eigenvalue weighted by atomic mass is 16.3. The molecule has 1 fully saturated rings. The number of nitrogen functional groups attached to an aromatic ring is 1. The number of likely N-dealkylation sites (N-methyl/N-ethyl adjacent to an activating group) is 1. The molecule has 2 atom stereocenters. The zero-order chi connectivity index (χ0) is 15.0. The van der Waals surface area contributed by atoms with E-state index in [-0.39, 0.29) is 18.1 Å². The van der Waals surface area contributed by atoms with Crippen molar-refractivity contribution < 1.29 is 5.11 Å². The van der Waals surface area contributed by atoms with Crippen molar-refractivity contribution in [2.75, 3.05) is 37.8 Å². The molecular weight excluding hydrogens is 266 g/mol. The lowest BCUT2D eigenvalue weighted by Crippen LogP contribution is -2.38. The van der Waals surface area contributed by atoms with Gasteiger partial charge in [0.05, 0.1) is 11.6 Å². The predicted molar refractivity (Wildman–Crippen MR) is 84.3 cm³/mol. The van der Waals surface area contributed by atoms with Crippen molar-refractivity contribution in [3.8, 4) is 0 Å². The molecule has 1 saturated heterocycles. The Kier molecular flexibility index (Phi) is 3.65. The van der Waals surface area contributed by atoms with E-state index in [0.717, 1.165) is 29.7 Å². The van der Waals surface area contributed by atoms with Gasteiger partial charge in [-0.05, 0) is 32.6 Å². The second-order valence-corrected chi connectivity index (χ2v) is 5.88. The van der Waals surface area contributed by atoms with Crippen molar-refractivity contribution in [1.29, 1.82) is 0 Å². The molecule has 1 aliphatic heterocycles. The molecule has 0 radical (unpaired) electrons. The maximum absolute atomic E-state index is 10.1. The lowest BCUT2D eigenvalue weighted by Gasteiger charge is -2.28. The number of aliphatic hydroxyl groups is 1. The Morgan fingerprint density at radius 1 is 1.33 bits per heavy atom. The highest BCUT2D eigenvalue weighted by molar-refractivity contribution is 5.90. The van der Waals surface area contributed by atoms with Gasteiger partial charge in [-0.2, -0.15) is 4.98 Å². The Morgan fingerprint density at radius 2 is 2.10 bits per heavy atom. The van der Waals surface area contributed by atoms with E-state index in [0.29, 0.717) is 6.54 Å². The summed E-state index contributed by atoms with van der Waals surface area (Å²) < 4.78 is 0. The van der Waals surface area contributed by atoms with E-state index in [9.17, 15) is 5.11 Å². The molecular formula is C15H21N5O. The van der Waals surface area contributed by atoms with Crippen molar-refractivity contribution in [2.24, 2.45) is 0 Å². The van der Waals surface area contributed by atoms with Gasteiger partial charge in [0.15, 0.2) is 0 Å². The van der Waals surface area contributed by atoms with E-state index in [1.807, 2.05) is 38.4 Å². The molecule has 1 aromatic heterocycles. The number of para-hydroxylation sites is 1. The van der Waals surface area contributed by atoms with Crippen LogP contribution in [0.1, 0.15) is 6.42 Å². The molecule has 0 saturated carbocycles. The second-order valence-electron chi connectivity index (χ2n) is 5.88. The van der Waals surface area contributed by atoms with E-state index in [1.54, 1.807) is 0 Å². The quantitative estimate of drug-likeness (QED) is 0.866. The van der Waals surface area contributed by atoms with Gasteiger partial charge in [-0.1, -0.05) is 12.1 Å². The van der Waals surface area contributed by atoms with Crippen LogP contribution in [0.2, 0.25) is 0 Å². The summed E-state index contributed by atoms with van der Waals surface area (Å²) in [6, 6.07) is 8.08. The van der Waals surface area contributed by atoms with Gasteiger partial charge in [-0.3, -0.25) is 0 Å². The van der Waals surface area contributed by atoms with Gasteiger partial charge in [-0.15, -0.1) is 0 Å². The third-order valence-corrected chi connectivity index (χ3v) is 3.84. The number of aromatic nitrogens is 2. The molecule has 1 aliphatic rings. The summed E-state index contributed by atoms with van der Waals surface area (Å²) in [5.41, 5.74) is 6.69. The number of hydrogen-bond donors (Lipinski definition) is 2. The summed E-state index contributed by atoms with van der Waals surface area (Å²) in [6.45, 7) is 1.45. The summed E-state index contributed by atoms with van der Waals surface area (Å²) in [6.07, 6.45) is 0.418. The Morgan fingerprint density at radius 3 is 2.86 bits per heavy atom. The largest absolute Gasteiger partial charge is 0.391 e. The SMILES string of the molecule is CN(C)CC1CC(O)CN1c1nc(N)nc2ccccc12. The third-order valence-electron chi connectivity index (χ3n) is 3.84. The van der Waals surface area contributed by atoms with Crippen molar-refractivity contribution in [1.82, 2.24) is 14.9 Å². The number of benzene rings is 1. The third kappa shape index (κ3) is 2.77. The van der Waals surface area contributed by atoms with E-state index in [1.165, 1.54) is 0 Å². The lowest BCUT2D eigenvalue weighted by atomic mass is 10.1. The molecule has 0 aliphatic carbocycles. The van der Waals surface area contributed by atoms with Crippen LogP contribution in [0, 0.1) is 0 Å². The summed E-state index contributed by atoms with van der Waals surface area (Å²) in [4.78, 5) is 13.0. The molecule has 0 spiro atoms. The fourth-order valence-electron chi connectivity index (χ4n) is 3.04. The first-order chi connectivity index (χ1) is 10.0. The first-order valence-corrected chi connectivity index (χ1v) is 7.16. The van der Waals surface area contributed by atoms with E-state index >= 15 is 0 Å². The Bertz CT molecular complexity index is 645. The van der Waals surface area contributed by atoms with Crippen LogP contribution >= 0.6 is 0 Å². The summed E-state index contributed by atoms with van der Waals surface area (Å²) in [5.74, 6) is 1.09. The minimum atomic E-state index is -0.329. The fraction of sp³-hybridized carbons (Fsp3) is 0.467. The van der Waals surface area contributed by atoms with Crippen LogP contribution < -0.4 is 10.6 Å². The first kappa shape index (κ1) is 14.0. The number of hydrogen-bond acceptors (Lipinski definition) is 6. The molecule has 3 N–H and O–H groups in total. The van der Waals surface area contributed by atoms with Crippen LogP contribution in [-0.4, -0.2) is 59.3 Å². The number of rotatable bonds is 3. The highest BCUT2D eigenvalue weighted by Gasteiger charge is 2.33. The first-order valence-electron chi connectivity index (χ1n) is 7.16. The molecule has 6 nitrogen and oxygen atoms in total. The molecule has 3 rings (SSSR count). The Balaban J connectivity index is 2.05. The molecule has 21 heavy (non-hydrogen) atoms. The number of anilines is 2. The topological polar surface area (TPSA) is 78.5 Å². The fourth-order valence-corrected chi connectivity index (χ4v) is 3.04. The van der Waals surface area contributed by atoms with Crippen molar-refractivity contribution in [3.63, 3.8) is 0 Å². The van der Waals surface area contributed by atoms with Gasteiger partial charge < -0.3 is 20.6 Å². The Labute approximate surface area is 124 Å². The Hall–Kier alpha value is -1.92. The van der Waals surface area contributed by atoms with Gasteiger partial charge in [0.25, 0.3) is 0 Å². The monoisotopic (exact) mass is 287 g/mol. The maximum Gasteiger partial charge on any atom is 0.222 e. The number of fused-ring (bicyclic) bond motifs is 1. The van der Waals surface area contributed by atoms with E-state index in [2.05, 4.69) is 19.8 Å². The van der Waals surface area contributed by atoms with E-state index in [4.69, 9.17) is 5.73 Å². The average molecular weight is 287 g/mol. The van der Waals surface area contributed by atoms with E-state index < -0.39 is 0 Å². The zero-order valence-electron chi connectivity index (χ0n) is 12.4. The second kappa shape index (κ2) is 5.46. The van der Waals surface area contributed by atoms with Gasteiger partial charge >= 0.3 is 0 Å². The van der Waals surface area contributed by atoms with Gasteiger partial charge in [0.2, 0.25) is 5.95 Å². The molecule has 0 bridgehead atoms. The van der Waals surface area contributed by atoms with Crippen LogP contribution in [0.3, 0.4) is 0 Å². The zero-order valence-corrected chi connectivity index (χ0v) is 12.4. The summed E-state index contributed by atoms with van der Waals surface area (Å²) >= 11 is 0. The van der Waals surface area contributed by atoms with Crippen molar-refractivity contribution in [3.05, 3.63) is 24.3 Å². The van der Waals surface area contributed by atoms with Crippen LogP contribution in [0.5, 0.6) is 0 Å². The average Bonchev–Trinajstić information content (AvgIpc) is 2.77. The molecule has 2 aromatic rings. The minimum absolute atomic E-state index is 0.229. The standard InChI is InChI=1S/C15H21N5O/c1-19(2)8-10-7-11(21)9-20(10)14-12-5-3-4-6-13(12)17-15(16)18-14/h3-6,10-11,21H,7-9H2,1-2H3,(H2,16,17,18). The van der Waals surface area contributed by atoms with Gasteiger partial charge in [-0.25, -0.2) is 4.98 Å². The van der Waals surface area contributed by atoms with Crippen molar-refractivity contribution >= 4 is 22.7 Å². The number of nitrogens with zero attached hydrogens (tertiary/aromatic N) is 4. The molecule has 1 aromatic carbocycles. The van der Waals surface area contributed by atoms with Crippen LogP contribution in [0.4, 0.5) is 11.8 Å². The molecule has 0 amide bonds. The van der Waals surface area contributed by atoms with Crippen LogP contribution in [0.25, 0.3) is 10.9 Å². The normalized spacial score (nSPS) is 22.4. The number of nitrogens with two attached hydrogens (primary N) is 1. The predicted octanol–water partition coefficient (Wildman–Crippen LogP) is 0.713. The van der Waals surface area contributed by atoms with Gasteiger partial charge in [0, 0.05) is 24.5 Å². The van der Waals surface area contributed by atoms with Crippen molar-refractivity contribution in [2.45, 2.75) is 18.6 Å². The molecule has 6 heteroatoms. The van der Waals surface area contributed by atoms with Gasteiger partial charge in [0.1, 0.15) is 5.82 Å². The maximum atomic E-state index is 10.1. The smallest absolute Gasteiger partial charge is 0.222 e. The molecule has 2 unspecified atom stereocenters. The summed E-state index contributed by atoms with van der Waals surface area (Å²) in [7, 11) is 4.07. The summed E-state index contributed by atoms with van der Waals surface area (Å²) in [5, 5.41) is 11.0. The lowest BCUT2D eigenvalue weighted by molar-refractivity contribution is 0.191. The molecule has 2 heterocycles. The van der Waals surface area contributed by atoms with Crippen LogP contribution in [-0.2, 0) is 0 Å². The minimum Gasteiger partial charge on any atom is -0.391 e. The molecule has 112 valence electrons. The highest BCUT2D eigenvalue weighted by Crippen LogP contribution is 2.30. The van der Waals surface area contributed by atoms with Crippen LogP contribution in [0.15, 0.2) is 24.3 Å². The number of aliphatic hydroxyl groups excluding tert-OH is 1. The number of β-amino-alcohol motifs (C(OH)–C–C–N with tert-alkyl or cyclic N) is 1.